The van der Waals surface area contributed by atoms with Crippen LogP contribution in [0.1, 0.15) is 36.3 Å². The first kappa shape index (κ1) is 15.8. The zero-order valence-corrected chi connectivity index (χ0v) is 12.2. The van der Waals surface area contributed by atoms with Gasteiger partial charge in [0.1, 0.15) is 6.04 Å². The summed E-state index contributed by atoms with van der Waals surface area (Å²) in [4.78, 5) is 25.0. The smallest absolute Gasteiger partial charge is 0.416 e. The lowest BCUT2D eigenvalue weighted by Crippen LogP contribution is -2.41. The Hall–Kier alpha value is -2.05. The van der Waals surface area contributed by atoms with Crippen LogP contribution in [-0.2, 0) is 15.8 Å². The second-order valence-electron chi connectivity index (χ2n) is 6.10. The van der Waals surface area contributed by atoms with Crippen LogP contribution in [-0.4, -0.2) is 34.5 Å². The number of aliphatic carboxylic acids is 1. The molecule has 3 rings (SSSR count). The van der Waals surface area contributed by atoms with Gasteiger partial charge in [-0.25, -0.2) is 4.79 Å². The van der Waals surface area contributed by atoms with Gasteiger partial charge in [0.15, 0.2) is 0 Å². The van der Waals surface area contributed by atoms with E-state index in [0.29, 0.717) is 31.4 Å². The largest absolute Gasteiger partial charge is 0.480 e. The summed E-state index contributed by atoms with van der Waals surface area (Å²) in [6.07, 6.45) is -2.69. The molecule has 1 saturated carbocycles. The van der Waals surface area contributed by atoms with E-state index in [1.54, 1.807) is 0 Å². The maximum absolute atomic E-state index is 12.5. The Labute approximate surface area is 130 Å². The Balaban J connectivity index is 1.67. The van der Waals surface area contributed by atoms with Crippen molar-refractivity contribution in [1.82, 2.24) is 4.90 Å². The Morgan fingerprint density at radius 1 is 1.17 bits per heavy atom. The molecular weight excluding hydrogens is 311 g/mol. The Bertz CT molecular complexity index is 626. The maximum atomic E-state index is 12.5. The van der Waals surface area contributed by atoms with E-state index in [1.807, 2.05) is 0 Å². The molecule has 3 atom stereocenters. The fraction of sp³-hybridized carbons (Fsp3) is 0.500. The summed E-state index contributed by atoms with van der Waals surface area (Å²) in [6, 6.07) is 4.08. The lowest BCUT2D eigenvalue weighted by Gasteiger charge is -2.21. The minimum atomic E-state index is -4.37. The Morgan fingerprint density at radius 3 is 2.39 bits per heavy atom. The third kappa shape index (κ3) is 3.04. The Morgan fingerprint density at radius 2 is 1.83 bits per heavy atom. The molecule has 1 aromatic carbocycles. The van der Waals surface area contributed by atoms with Crippen molar-refractivity contribution in [2.45, 2.75) is 37.4 Å². The van der Waals surface area contributed by atoms with Crippen LogP contribution in [0.25, 0.3) is 0 Å². The summed E-state index contributed by atoms with van der Waals surface area (Å²) in [5, 5.41) is 9.12. The minimum absolute atomic E-state index is 0.111. The molecule has 0 bridgehead atoms. The summed E-state index contributed by atoms with van der Waals surface area (Å²) < 4.78 is 37.6. The molecule has 1 aromatic rings. The van der Waals surface area contributed by atoms with Gasteiger partial charge in [-0.1, -0.05) is 12.1 Å². The first-order valence-electron chi connectivity index (χ1n) is 7.49. The number of carbonyl (C=O) groups excluding carboxylic acids is 1. The van der Waals surface area contributed by atoms with Gasteiger partial charge in [-0.15, -0.1) is 0 Å². The predicted molar refractivity (Wildman–Crippen MR) is 74.7 cm³/mol. The average molecular weight is 327 g/mol. The molecule has 0 radical (unpaired) electrons. The molecule has 1 aliphatic heterocycles. The average Bonchev–Trinajstić information content (AvgIpc) is 3.13. The molecule has 2 fully saturated rings. The SMILES string of the molecule is O=C(O)[C@H]1CCCN1C(=O)[C@@H]1C[C@@H]1c1ccc(C(F)(F)F)cc1. The number of alkyl halides is 3. The highest BCUT2D eigenvalue weighted by Crippen LogP contribution is 2.49. The number of benzene rings is 1. The zero-order valence-electron chi connectivity index (χ0n) is 12.2. The standard InChI is InChI=1S/C16H16F3NO3/c17-16(18,19)10-5-3-9(4-6-10)11-8-12(11)14(21)20-7-1-2-13(20)15(22)23/h3-6,11-13H,1-2,7-8H2,(H,22,23)/t11-,12-,13-/m1/s1. The molecule has 4 nitrogen and oxygen atoms in total. The van der Waals surface area contributed by atoms with Gasteiger partial charge >= 0.3 is 12.1 Å². The third-order valence-electron chi connectivity index (χ3n) is 4.59. The molecular formula is C16H16F3NO3. The number of carboxylic acids is 1. The van der Waals surface area contributed by atoms with Crippen molar-refractivity contribution >= 4 is 11.9 Å². The van der Waals surface area contributed by atoms with Crippen LogP contribution >= 0.6 is 0 Å². The van der Waals surface area contributed by atoms with Crippen molar-refractivity contribution in [3.63, 3.8) is 0 Å². The second-order valence-corrected chi connectivity index (χ2v) is 6.10. The third-order valence-corrected chi connectivity index (χ3v) is 4.59. The molecule has 1 heterocycles. The molecule has 0 spiro atoms. The van der Waals surface area contributed by atoms with Gasteiger partial charge in [-0.05, 0) is 42.9 Å². The first-order valence-corrected chi connectivity index (χ1v) is 7.49. The van der Waals surface area contributed by atoms with Crippen molar-refractivity contribution in [2.24, 2.45) is 5.92 Å². The van der Waals surface area contributed by atoms with Crippen LogP contribution in [0.15, 0.2) is 24.3 Å². The lowest BCUT2D eigenvalue weighted by atomic mass is 10.1. The quantitative estimate of drug-likeness (QED) is 0.929. The summed E-state index contributed by atoms with van der Waals surface area (Å²) >= 11 is 0. The highest BCUT2D eigenvalue weighted by atomic mass is 19.4. The van der Waals surface area contributed by atoms with Crippen molar-refractivity contribution in [3.8, 4) is 0 Å². The molecule has 1 amide bonds. The first-order chi connectivity index (χ1) is 10.8. The number of hydrogen-bond donors (Lipinski definition) is 1. The van der Waals surface area contributed by atoms with Crippen LogP contribution in [0.5, 0.6) is 0 Å². The van der Waals surface area contributed by atoms with Crippen molar-refractivity contribution in [3.05, 3.63) is 35.4 Å². The fourth-order valence-electron chi connectivity index (χ4n) is 3.26. The van der Waals surface area contributed by atoms with Crippen molar-refractivity contribution in [1.29, 1.82) is 0 Å². The minimum Gasteiger partial charge on any atom is -0.480 e. The van der Waals surface area contributed by atoms with E-state index in [-0.39, 0.29) is 17.7 Å². The fourth-order valence-corrected chi connectivity index (χ4v) is 3.26. The van der Waals surface area contributed by atoms with Crippen LogP contribution in [0.4, 0.5) is 13.2 Å². The highest BCUT2D eigenvalue weighted by molar-refractivity contribution is 5.88. The number of nitrogens with zero attached hydrogens (tertiary/aromatic N) is 1. The van der Waals surface area contributed by atoms with Crippen LogP contribution in [0.2, 0.25) is 0 Å². The Kier molecular flexibility index (Phi) is 3.82. The lowest BCUT2D eigenvalue weighted by molar-refractivity contribution is -0.148. The van der Waals surface area contributed by atoms with Gasteiger partial charge in [0.25, 0.3) is 0 Å². The molecule has 1 aliphatic carbocycles. The van der Waals surface area contributed by atoms with E-state index in [1.165, 1.54) is 17.0 Å². The van der Waals surface area contributed by atoms with E-state index >= 15 is 0 Å². The van der Waals surface area contributed by atoms with Gasteiger partial charge in [-0.3, -0.25) is 4.79 Å². The number of carbonyl (C=O) groups is 2. The predicted octanol–water partition coefficient (Wildman–Crippen LogP) is 2.88. The number of rotatable bonds is 3. The second kappa shape index (κ2) is 5.54. The highest BCUT2D eigenvalue weighted by Gasteiger charge is 2.48. The van der Waals surface area contributed by atoms with E-state index in [0.717, 1.165) is 12.1 Å². The molecule has 0 aromatic heterocycles. The van der Waals surface area contributed by atoms with E-state index in [2.05, 4.69) is 0 Å². The van der Waals surface area contributed by atoms with Gasteiger partial charge < -0.3 is 10.0 Å². The summed E-state index contributed by atoms with van der Waals surface area (Å²) in [6.45, 7) is 0.437. The van der Waals surface area contributed by atoms with Crippen molar-refractivity contribution in [2.75, 3.05) is 6.54 Å². The molecule has 124 valence electrons. The normalized spacial score (nSPS) is 27.1. The number of amides is 1. The van der Waals surface area contributed by atoms with E-state index in [4.69, 9.17) is 5.11 Å². The molecule has 1 saturated heterocycles. The molecule has 7 heteroatoms. The van der Waals surface area contributed by atoms with Crippen LogP contribution in [0, 0.1) is 5.92 Å². The molecule has 0 unspecified atom stereocenters. The van der Waals surface area contributed by atoms with Gasteiger partial charge in [0.2, 0.25) is 5.91 Å². The number of likely N-dealkylation sites (tertiary alicyclic amines) is 1. The molecule has 2 aliphatic rings. The van der Waals surface area contributed by atoms with Crippen LogP contribution in [0.3, 0.4) is 0 Å². The van der Waals surface area contributed by atoms with Gasteiger partial charge in [0, 0.05) is 12.5 Å². The topological polar surface area (TPSA) is 57.6 Å². The maximum Gasteiger partial charge on any atom is 0.416 e. The monoisotopic (exact) mass is 327 g/mol. The number of carboxylic acid groups (broad SMARTS) is 1. The summed E-state index contributed by atoms with van der Waals surface area (Å²) in [7, 11) is 0. The summed E-state index contributed by atoms with van der Waals surface area (Å²) in [5.74, 6) is -1.62. The van der Waals surface area contributed by atoms with Gasteiger partial charge in [0.05, 0.1) is 5.56 Å². The summed E-state index contributed by atoms with van der Waals surface area (Å²) in [5.41, 5.74) is -0.0160. The molecule has 1 N–H and O–H groups in total. The van der Waals surface area contributed by atoms with Gasteiger partial charge in [-0.2, -0.15) is 13.2 Å². The zero-order chi connectivity index (χ0) is 16.8. The van der Waals surface area contributed by atoms with Crippen LogP contribution < -0.4 is 0 Å². The van der Waals surface area contributed by atoms with E-state index in [9.17, 15) is 22.8 Å². The molecule has 23 heavy (non-hydrogen) atoms. The number of hydrogen-bond acceptors (Lipinski definition) is 2. The van der Waals surface area contributed by atoms with Crippen molar-refractivity contribution < 1.29 is 27.9 Å². The number of halogens is 3. The van der Waals surface area contributed by atoms with E-state index < -0.39 is 23.8 Å².